The molecule has 8 saturated carbocycles. The van der Waals surface area contributed by atoms with Crippen LogP contribution in [0.3, 0.4) is 0 Å². The Kier molecular flexibility index (Phi) is 37.7. The second-order valence-electron chi connectivity index (χ2n) is 40.2. The van der Waals surface area contributed by atoms with Crippen LogP contribution in [0.5, 0.6) is 0 Å². The molecular formula is C117H162O4. The van der Waals surface area contributed by atoms with Gasteiger partial charge in [0.1, 0.15) is 0 Å². The third kappa shape index (κ3) is 27.8. The first kappa shape index (κ1) is 92.3. The molecule has 0 amide bonds. The van der Waals surface area contributed by atoms with Gasteiger partial charge in [-0.05, 0) is 376 Å². The van der Waals surface area contributed by atoms with E-state index in [4.69, 9.17) is 18.9 Å². The second kappa shape index (κ2) is 49.5. The summed E-state index contributed by atoms with van der Waals surface area (Å²) >= 11 is 0. The lowest BCUT2D eigenvalue weighted by Gasteiger charge is -2.29. The molecule has 0 N–H and O–H groups in total. The van der Waals surface area contributed by atoms with Gasteiger partial charge in [0, 0.05) is 54.9 Å². The summed E-state index contributed by atoms with van der Waals surface area (Å²) in [7, 11) is 7.32. The first-order valence-electron chi connectivity index (χ1n) is 50.3. The number of unbranched alkanes of at least 4 members (excludes halogenated alkanes) is 3. The van der Waals surface area contributed by atoms with Crippen molar-refractivity contribution in [1.82, 2.24) is 0 Å². The average Bonchev–Trinajstić information content (AvgIpc) is 0.832. The summed E-state index contributed by atoms with van der Waals surface area (Å²) in [6.07, 6.45) is 56.0. The van der Waals surface area contributed by atoms with Crippen LogP contribution in [0, 0.1) is 47.3 Å². The van der Waals surface area contributed by atoms with Gasteiger partial charge in [-0.15, -0.1) is 0 Å². The number of hydrogen-bond acceptors (Lipinski definition) is 4. The van der Waals surface area contributed by atoms with Crippen LogP contribution in [0.1, 0.15) is 383 Å². The minimum absolute atomic E-state index is 0.733. The zero-order valence-electron chi connectivity index (χ0n) is 77.2. The molecule has 0 aliphatic heterocycles. The van der Waals surface area contributed by atoms with E-state index in [1.54, 1.807) is 22.3 Å². The molecule has 0 saturated heterocycles. The Balaban J connectivity index is 0.000000139. The maximum atomic E-state index is 5.36. The van der Waals surface area contributed by atoms with Crippen LogP contribution in [0.25, 0.3) is 44.5 Å². The summed E-state index contributed by atoms with van der Waals surface area (Å²) in [4.78, 5) is 0. The number of methoxy groups -OCH3 is 4. The predicted molar refractivity (Wildman–Crippen MR) is 517 cm³/mol. The predicted octanol–water partition coefficient (Wildman–Crippen LogP) is 33.8. The number of ether oxygens (including phenoxy) is 4. The molecule has 654 valence electrons. The van der Waals surface area contributed by atoms with E-state index in [-0.39, 0.29) is 0 Å². The van der Waals surface area contributed by atoms with E-state index in [0.717, 1.165) is 121 Å². The third-order valence-electron chi connectivity index (χ3n) is 31.8. The molecule has 0 bridgehead atoms. The van der Waals surface area contributed by atoms with Crippen LogP contribution in [-0.4, -0.2) is 54.9 Å². The van der Waals surface area contributed by atoms with Crippen molar-refractivity contribution < 1.29 is 18.9 Å². The molecule has 8 aliphatic rings. The van der Waals surface area contributed by atoms with Gasteiger partial charge >= 0.3 is 0 Å². The Morgan fingerprint density at radius 2 is 0.347 bits per heavy atom. The molecule has 8 aliphatic carbocycles. The van der Waals surface area contributed by atoms with Gasteiger partial charge in [-0.1, -0.05) is 292 Å². The highest BCUT2D eigenvalue weighted by Gasteiger charge is 2.30. The van der Waals surface area contributed by atoms with E-state index < -0.39 is 0 Å². The van der Waals surface area contributed by atoms with Gasteiger partial charge in [0.05, 0.1) is 0 Å². The quantitative estimate of drug-likeness (QED) is 0.0438. The lowest BCUT2D eigenvalue weighted by Crippen LogP contribution is -2.17. The highest BCUT2D eigenvalue weighted by Crippen LogP contribution is 2.46. The van der Waals surface area contributed by atoms with Crippen molar-refractivity contribution in [1.29, 1.82) is 0 Å². The van der Waals surface area contributed by atoms with Gasteiger partial charge in [0.15, 0.2) is 0 Å². The van der Waals surface area contributed by atoms with E-state index >= 15 is 0 Å². The molecule has 8 fully saturated rings. The fraction of sp³-hybridized carbons (Fsp3) is 0.590. The first-order chi connectivity index (χ1) is 59.5. The van der Waals surface area contributed by atoms with Gasteiger partial charge in [0.2, 0.25) is 0 Å². The second-order valence-corrected chi connectivity index (χ2v) is 40.2. The van der Waals surface area contributed by atoms with Gasteiger partial charge in [0.25, 0.3) is 0 Å². The maximum absolute atomic E-state index is 5.36. The Morgan fingerprint density at radius 1 is 0.182 bits per heavy atom. The van der Waals surface area contributed by atoms with Gasteiger partial charge in [-0.3, -0.25) is 0 Å². The van der Waals surface area contributed by atoms with Crippen molar-refractivity contribution in [3.05, 3.63) is 239 Å². The SMILES string of the molecule is CCCC1CCC(c2ccc(-c3ccc(C4CCC(COC)CC4)cc3)cc2)CC1.CCCCC1CCC(c2ccc(-c3ccc(C4CCC(COC)CC4)cc3)cc2)CC1.CCCCCC1CCC(c2ccc(-c3ccc(C4CCC(COC)CC4)cc3)cc2)CC1.COCC1CCC(c2ccc(-c3ccc(C4CCC(C)CC4)cc3)cc2)CC1. The van der Waals surface area contributed by atoms with Crippen molar-refractivity contribution >= 4 is 0 Å². The molecule has 0 aromatic heterocycles. The van der Waals surface area contributed by atoms with E-state index in [1.807, 2.05) is 28.4 Å². The first-order valence-corrected chi connectivity index (χ1v) is 50.3. The topological polar surface area (TPSA) is 36.9 Å². The summed E-state index contributed by atoms with van der Waals surface area (Å²) in [5, 5.41) is 0. The molecular weight excluding hydrogens is 1470 g/mol. The van der Waals surface area contributed by atoms with Gasteiger partial charge in [-0.25, -0.2) is 0 Å². The third-order valence-corrected chi connectivity index (χ3v) is 31.8. The molecule has 0 heterocycles. The van der Waals surface area contributed by atoms with Gasteiger partial charge < -0.3 is 18.9 Å². The van der Waals surface area contributed by atoms with E-state index in [2.05, 4.69) is 222 Å². The molecule has 4 heteroatoms. The largest absolute Gasteiger partial charge is 0.384 e. The van der Waals surface area contributed by atoms with Crippen molar-refractivity contribution in [3.8, 4) is 44.5 Å². The lowest BCUT2D eigenvalue weighted by molar-refractivity contribution is 0.127. The summed E-state index contributed by atoms with van der Waals surface area (Å²) < 4.78 is 21.4. The highest BCUT2D eigenvalue weighted by molar-refractivity contribution is 5.67. The minimum Gasteiger partial charge on any atom is -0.384 e. The van der Waals surface area contributed by atoms with E-state index in [9.17, 15) is 0 Å². The molecule has 8 aromatic rings. The van der Waals surface area contributed by atoms with Crippen LogP contribution < -0.4 is 0 Å². The summed E-state index contributed by atoms with van der Waals surface area (Å²) in [6, 6.07) is 75.6. The normalized spacial score (nSPS) is 27.0. The Bertz CT molecular complexity index is 4010. The van der Waals surface area contributed by atoms with E-state index in [1.165, 1.54) is 330 Å². The van der Waals surface area contributed by atoms with Crippen molar-refractivity contribution in [3.63, 3.8) is 0 Å². The summed E-state index contributed by atoms with van der Waals surface area (Å²) in [5.41, 5.74) is 23.1. The summed E-state index contributed by atoms with van der Waals surface area (Å²) in [5.74, 6) is 13.0. The molecule has 121 heavy (non-hydrogen) atoms. The Hall–Kier alpha value is -6.40. The van der Waals surface area contributed by atoms with Crippen LogP contribution in [0.4, 0.5) is 0 Å². The zero-order valence-corrected chi connectivity index (χ0v) is 77.2. The molecule has 0 atom stereocenters. The molecule has 0 radical (unpaired) electrons. The van der Waals surface area contributed by atoms with E-state index in [0.29, 0.717) is 0 Å². The molecule has 16 rings (SSSR count). The van der Waals surface area contributed by atoms with Crippen LogP contribution in [0.15, 0.2) is 194 Å². The lowest BCUT2D eigenvalue weighted by atomic mass is 9.77. The van der Waals surface area contributed by atoms with Crippen LogP contribution >= 0.6 is 0 Å². The van der Waals surface area contributed by atoms with Crippen molar-refractivity contribution in [2.24, 2.45) is 47.3 Å². The molecule has 4 nitrogen and oxygen atoms in total. The number of rotatable bonds is 29. The smallest absolute Gasteiger partial charge is 0.0490 e. The fourth-order valence-corrected chi connectivity index (χ4v) is 23.7. The van der Waals surface area contributed by atoms with Crippen LogP contribution in [0.2, 0.25) is 0 Å². The van der Waals surface area contributed by atoms with Crippen molar-refractivity contribution in [2.75, 3.05) is 54.9 Å². The number of benzene rings is 8. The van der Waals surface area contributed by atoms with Gasteiger partial charge in [-0.2, -0.15) is 0 Å². The van der Waals surface area contributed by atoms with Crippen LogP contribution in [-0.2, 0) is 18.9 Å². The monoisotopic (exact) mass is 1630 g/mol. The Morgan fingerprint density at radius 3 is 0.521 bits per heavy atom. The summed E-state index contributed by atoms with van der Waals surface area (Å²) in [6.45, 7) is 13.1. The molecule has 8 aromatic carbocycles. The average molecular weight is 1630 g/mol. The molecule has 0 spiro atoms. The number of hydrogen-bond donors (Lipinski definition) is 0. The minimum atomic E-state index is 0.733. The maximum Gasteiger partial charge on any atom is 0.0490 e. The standard InChI is InChI=1S/C31H44O.C30H42O.C29H40O.C27H36O/c1-3-4-5-6-24-7-11-26(12-8-24)28-15-19-30(20-16-28)31-21-17-29(18-22-31)27-13-9-25(10-14-27)23-32-2;1-3-4-5-23-6-10-25(11-7-23)27-14-18-29(19-15-27)30-20-16-28(17-21-30)26-12-8-24(9-13-26)22-31-2;1-3-4-22-5-9-24(10-6-22)26-13-17-28(18-14-26)29-19-15-27(16-20-29)25-11-7-23(8-12-25)21-30-2;1-20-3-7-22(8-4-20)24-11-15-26(16-12-24)27-17-13-25(14-18-27)23-9-5-21(6-10-23)19-28-2/h15-22,24-27H,3-14,23H2,1-2H3;14-21,23-26H,3-13,22H2,1-2H3;13-20,22-25H,3-12,21H2,1-2H3;11-18,20-23H,3-10,19H2,1-2H3. The Labute approximate surface area is 737 Å². The zero-order chi connectivity index (χ0) is 83.8. The van der Waals surface area contributed by atoms with Crippen molar-refractivity contribution in [2.45, 2.75) is 338 Å². The molecule has 0 unspecified atom stereocenters. The fourth-order valence-electron chi connectivity index (χ4n) is 23.7. The highest BCUT2D eigenvalue weighted by atomic mass is 16.5.